The number of fused-ring (bicyclic) bond motifs is 1. The third-order valence-corrected chi connectivity index (χ3v) is 3.27. The standard InChI is InChI=1S/C12H13N3O3/c1-7-2-3-9(18-7)11-14-13-10-6-8(12(16)17)4-5-15(10)11/h2-3,8H,4-6H2,1H3,(H,16,17). The summed E-state index contributed by atoms with van der Waals surface area (Å²) in [6.07, 6.45) is 1.04. The van der Waals surface area contributed by atoms with Gasteiger partial charge < -0.3 is 14.1 Å². The van der Waals surface area contributed by atoms with E-state index in [1.807, 2.05) is 23.6 Å². The molecule has 0 amide bonds. The Morgan fingerprint density at radius 2 is 2.33 bits per heavy atom. The van der Waals surface area contributed by atoms with Crippen LogP contribution in [0.4, 0.5) is 0 Å². The summed E-state index contributed by atoms with van der Waals surface area (Å²) >= 11 is 0. The van der Waals surface area contributed by atoms with Crippen LogP contribution >= 0.6 is 0 Å². The Labute approximate surface area is 103 Å². The summed E-state index contributed by atoms with van der Waals surface area (Å²) in [5.74, 6) is 1.79. The van der Waals surface area contributed by atoms with E-state index in [0.29, 0.717) is 31.0 Å². The quantitative estimate of drug-likeness (QED) is 0.869. The van der Waals surface area contributed by atoms with E-state index in [1.54, 1.807) is 0 Å². The maximum absolute atomic E-state index is 11.0. The molecule has 3 heterocycles. The molecule has 1 aliphatic rings. The molecule has 0 aromatic carbocycles. The molecule has 1 unspecified atom stereocenters. The Kier molecular flexibility index (Phi) is 2.43. The van der Waals surface area contributed by atoms with Gasteiger partial charge in [0.2, 0.25) is 0 Å². The van der Waals surface area contributed by atoms with Crippen LogP contribution in [-0.2, 0) is 17.8 Å². The van der Waals surface area contributed by atoms with Crippen molar-refractivity contribution < 1.29 is 14.3 Å². The van der Waals surface area contributed by atoms with Gasteiger partial charge in [-0.2, -0.15) is 0 Å². The summed E-state index contributed by atoms with van der Waals surface area (Å²) < 4.78 is 7.47. The van der Waals surface area contributed by atoms with Gasteiger partial charge in [0, 0.05) is 13.0 Å². The molecule has 0 fully saturated rings. The molecule has 0 saturated carbocycles. The zero-order chi connectivity index (χ0) is 12.7. The fourth-order valence-corrected chi connectivity index (χ4v) is 2.28. The van der Waals surface area contributed by atoms with Gasteiger partial charge >= 0.3 is 5.97 Å². The third-order valence-electron chi connectivity index (χ3n) is 3.27. The summed E-state index contributed by atoms with van der Waals surface area (Å²) in [6, 6.07) is 3.73. The van der Waals surface area contributed by atoms with Gasteiger partial charge in [0.1, 0.15) is 11.6 Å². The van der Waals surface area contributed by atoms with Gasteiger partial charge in [-0.1, -0.05) is 0 Å². The topological polar surface area (TPSA) is 81.2 Å². The fourth-order valence-electron chi connectivity index (χ4n) is 2.28. The highest BCUT2D eigenvalue weighted by Crippen LogP contribution is 2.26. The Hall–Kier alpha value is -2.11. The maximum atomic E-state index is 11.0. The zero-order valence-electron chi connectivity index (χ0n) is 9.96. The van der Waals surface area contributed by atoms with Crippen molar-refractivity contribution in [3.63, 3.8) is 0 Å². The minimum Gasteiger partial charge on any atom is -0.481 e. The van der Waals surface area contributed by atoms with Crippen molar-refractivity contribution in [3.8, 4) is 11.6 Å². The molecule has 94 valence electrons. The van der Waals surface area contributed by atoms with E-state index in [9.17, 15) is 4.79 Å². The molecule has 1 aliphatic heterocycles. The van der Waals surface area contributed by atoms with Crippen molar-refractivity contribution >= 4 is 5.97 Å². The molecule has 6 nitrogen and oxygen atoms in total. The van der Waals surface area contributed by atoms with Crippen molar-refractivity contribution in [3.05, 3.63) is 23.7 Å². The smallest absolute Gasteiger partial charge is 0.307 e. The number of carbonyl (C=O) groups is 1. The molecule has 2 aromatic rings. The zero-order valence-corrected chi connectivity index (χ0v) is 9.96. The molecule has 18 heavy (non-hydrogen) atoms. The van der Waals surface area contributed by atoms with Crippen LogP contribution in [0, 0.1) is 12.8 Å². The number of furan rings is 1. The maximum Gasteiger partial charge on any atom is 0.307 e. The van der Waals surface area contributed by atoms with E-state index < -0.39 is 5.97 Å². The van der Waals surface area contributed by atoms with Crippen molar-refractivity contribution in [2.75, 3.05) is 0 Å². The Morgan fingerprint density at radius 1 is 1.50 bits per heavy atom. The molecule has 0 bridgehead atoms. The summed E-state index contributed by atoms with van der Waals surface area (Å²) in [7, 11) is 0. The van der Waals surface area contributed by atoms with Gasteiger partial charge in [-0.25, -0.2) is 0 Å². The normalized spacial score (nSPS) is 18.6. The molecule has 0 spiro atoms. The molecule has 0 saturated heterocycles. The number of hydrogen-bond donors (Lipinski definition) is 1. The number of rotatable bonds is 2. The minimum absolute atomic E-state index is 0.354. The first-order valence-corrected chi connectivity index (χ1v) is 5.87. The Balaban J connectivity index is 1.95. The highest BCUT2D eigenvalue weighted by molar-refractivity contribution is 5.70. The summed E-state index contributed by atoms with van der Waals surface area (Å²) in [5, 5.41) is 17.2. The van der Waals surface area contributed by atoms with E-state index in [4.69, 9.17) is 9.52 Å². The van der Waals surface area contributed by atoms with Gasteiger partial charge in [0.25, 0.3) is 0 Å². The van der Waals surface area contributed by atoms with Crippen LogP contribution < -0.4 is 0 Å². The first-order chi connectivity index (χ1) is 8.65. The Morgan fingerprint density at radius 3 is 3.00 bits per heavy atom. The second kappa shape index (κ2) is 3.97. The van der Waals surface area contributed by atoms with Gasteiger partial charge in [-0.3, -0.25) is 4.79 Å². The van der Waals surface area contributed by atoms with Crippen LogP contribution in [0.3, 0.4) is 0 Å². The molecule has 2 aromatic heterocycles. The molecule has 3 rings (SSSR count). The number of carboxylic acid groups (broad SMARTS) is 1. The van der Waals surface area contributed by atoms with E-state index in [1.165, 1.54) is 0 Å². The first kappa shape index (κ1) is 11.0. The van der Waals surface area contributed by atoms with E-state index >= 15 is 0 Å². The summed E-state index contributed by atoms with van der Waals surface area (Å²) in [6.45, 7) is 2.49. The van der Waals surface area contributed by atoms with Crippen molar-refractivity contribution in [1.82, 2.24) is 14.8 Å². The average molecular weight is 247 g/mol. The lowest BCUT2D eigenvalue weighted by molar-refractivity contribution is -0.142. The number of nitrogens with zero attached hydrogens (tertiary/aromatic N) is 3. The van der Waals surface area contributed by atoms with Gasteiger partial charge in [-0.05, 0) is 25.5 Å². The van der Waals surface area contributed by atoms with E-state index in [-0.39, 0.29) is 5.92 Å². The number of aromatic nitrogens is 3. The van der Waals surface area contributed by atoms with Crippen LogP contribution in [-0.4, -0.2) is 25.8 Å². The first-order valence-electron chi connectivity index (χ1n) is 5.87. The van der Waals surface area contributed by atoms with Gasteiger partial charge in [0.05, 0.1) is 5.92 Å². The van der Waals surface area contributed by atoms with Gasteiger partial charge in [0.15, 0.2) is 11.6 Å². The predicted molar refractivity (Wildman–Crippen MR) is 61.9 cm³/mol. The highest BCUT2D eigenvalue weighted by atomic mass is 16.4. The highest BCUT2D eigenvalue weighted by Gasteiger charge is 2.28. The lowest BCUT2D eigenvalue weighted by Gasteiger charge is -2.19. The largest absolute Gasteiger partial charge is 0.481 e. The van der Waals surface area contributed by atoms with Crippen molar-refractivity contribution in [2.24, 2.45) is 5.92 Å². The fraction of sp³-hybridized carbons (Fsp3) is 0.417. The predicted octanol–water partition coefficient (Wildman–Crippen LogP) is 1.49. The van der Waals surface area contributed by atoms with Crippen LogP contribution in [0.1, 0.15) is 18.0 Å². The monoisotopic (exact) mass is 247 g/mol. The van der Waals surface area contributed by atoms with Gasteiger partial charge in [-0.15, -0.1) is 10.2 Å². The molecular weight excluding hydrogens is 234 g/mol. The second-order valence-corrected chi connectivity index (χ2v) is 4.53. The average Bonchev–Trinajstić information content (AvgIpc) is 2.93. The van der Waals surface area contributed by atoms with Crippen LogP contribution in [0.15, 0.2) is 16.5 Å². The van der Waals surface area contributed by atoms with E-state index in [0.717, 1.165) is 11.6 Å². The van der Waals surface area contributed by atoms with E-state index in [2.05, 4.69) is 10.2 Å². The third kappa shape index (κ3) is 1.70. The number of aliphatic carboxylic acids is 1. The molecule has 1 N–H and O–H groups in total. The summed E-state index contributed by atoms with van der Waals surface area (Å²) in [5.41, 5.74) is 0. The second-order valence-electron chi connectivity index (χ2n) is 4.53. The molecule has 6 heteroatoms. The molecular formula is C12H13N3O3. The molecule has 1 atom stereocenters. The number of aryl methyl sites for hydroxylation is 1. The lowest BCUT2D eigenvalue weighted by atomic mass is 9.98. The lowest BCUT2D eigenvalue weighted by Crippen LogP contribution is -2.25. The number of hydrogen-bond acceptors (Lipinski definition) is 4. The minimum atomic E-state index is -0.764. The van der Waals surface area contributed by atoms with Crippen LogP contribution in [0.5, 0.6) is 0 Å². The molecule has 0 radical (unpaired) electrons. The van der Waals surface area contributed by atoms with Crippen LogP contribution in [0.25, 0.3) is 11.6 Å². The Bertz CT molecular complexity index is 599. The molecule has 0 aliphatic carbocycles. The van der Waals surface area contributed by atoms with Crippen molar-refractivity contribution in [2.45, 2.75) is 26.3 Å². The SMILES string of the molecule is Cc1ccc(-c2nnc3n2CCC(C(=O)O)C3)o1. The number of carboxylic acids is 1. The van der Waals surface area contributed by atoms with Crippen molar-refractivity contribution in [1.29, 1.82) is 0 Å². The summed E-state index contributed by atoms with van der Waals surface area (Å²) in [4.78, 5) is 11.0. The van der Waals surface area contributed by atoms with Crippen LogP contribution in [0.2, 0.25) is 0 Å².